The molecule has 0 radical (unpaired) electrons. The lowest BCUT2D eigenvalue weighted by atomic mass is 10.2. The number of carbonyl (C=O) groups excluding carboxylic acids is 1. The molecule has 1 N–H and O–H groups in total. The number of nitrogens with one attached hydrogen (secondary N) is 1. The van der Waals surface area contributed by atoms with Gasteiger partial charge in [-0.15, -0.1) is 0 Å². The Hall–Kier alpha value is -1.96. The largest absolute Gasteiger partial charge is 0.490 e. The Morgan fingerprint density at radius 2 is 2.04 bits per heavy atom. The second-order valence-corrected chi connectivity index (χ2v) is 8.56. The van der Waals surface area contributed by atoms with E-state index in [0.717, 1.165) is 17.7 Å². The van der Waals surface area contributed by atoms with Gasteiger partial charge >= 0.3 is 6.03 Å². The Morgan fingerprint density at radius 1 is 1.28 bits per heavy atom. The fourth-order valence-corrected chi connectivity index (χ4v) is 4.92. The van der Waals surface area contributed by atoms with Crippen LogP contribution in [0.5, 0.6) is 11.5 Å². The van der Waals surface area contributed by atoms with Crippen LogP contribution in [-0.4, -0.2) is 56.7 Å². The average Bonchev–Trinajstić information content (AvgIpc) is 2.80. The van der Waals surface area contributed by atoms with Crippen LogP contribution in [0.2, 0.25) is 0 Å². The molecule has 1 aromatic rings. The van der Waals surface area contributed by atoms with Crippen LogP contribution in [0.1, 0.15) is 25.3 Å². The molecule has 1 aromatic carbocycles. The maximum atomic E-state index is 12.5. The van der Waals surface area contributed by atoms with E-state index in [-0.39, 0.29) is 23.6 Å². The van der Waals surface area contributed by atoms with E-state index in [1.807, 2.05) is 25.1 Å². The van der Waals surface area contributed by atoms with Gasteiger partial charge in [-0.05, 0) is 31.0 Å². The molecule has 138 valence electrons. The summed E-state index contributed by atoms with van der Waals surface area (Å²) < 4.78 is 34.5. The number of ether oxygens (including phenoxy) is 2. The second kappa shape index (κ2) is 7.51. The Bertz CT molecular complexity index is 735. The molecule has 1 saturated heterocycles. The van der Waals surface area contributed by atoms with Crippen LogP contribution < -0.4 is 14.8 Å². The number of fused-ring (bicyclic) bond motifs is 1. The summed E-state index contributed by atoms with van der Waals surface area (Å²) in [5.74, 6) is 1.62. The zero-order valence-corrected chi connectivity index (χ0v) is 15.2. The van der Waals surface area contributed by atoms with Crippen molar-refractivity contribution >= 4 is 15.9 Å². The molecule has 1 fully saturated rings. The minimum Gasteiger partial charge on any atom is -0.490 e. The van der Waals surface area contributed by atoms with Crippen molar-refractivity contribution in [2.75, 3.05) is 31.3 Å². The molecule has 0 spiro atoms. The lowest BCUT2D eigenvalue weighted by Crippen LogP contribution is -2.46. The summed E-state index contributed by atoms with van der Waals surface area (Å²) in [5, 5.41) is 2.87. The SMILES string of the molecule is CCN(C(=O)NCc1ccc2c(c1)OCCCO2)[C@@H]1CCS(=O)(=O)C1. The van der Waals surface area contributed by atoms with Gasteiger partial charge in [0.05, 0.1) is 24.7 Å². The van der Waals surface area contributed by atoms with Gasteiger partial charge in [-0.3, -0.25) is 0 Å². The minimum absolute atomic E-state index is 0.0539. The first-order valence-corrected chi connectivity index (χ1v) is 10.4. The molecule has 25 heavy (non-hydrogen) atoms. The predicted molar refractivity (Wildman–Crippen MR) is 93.7 cm³/mol. The van der Waals surface area contributed by atoms with Crippen molar-refractivity contribution < 1.29 is 22.7 Å². The molecule has 1 atom stereocenters. The van der Waals surface area contributed by atoms with E-state index >= 15 is 0 Å². The summed E-state index contributed by atoms with van der Waals surface area (Å²) in [7, 11) is -3.02. The highest BCUT2D eigenvalue weighted by molar-refractivity contribution is 7.91. The van der Waals surface area contributed by atoms with Gasteiger partial charge in [0.2, 0.25) is 0 Å². The van der Waals surface area contributed by atoms with Gasteiger partial charge in [0.25, 0.3) is 0 Å². The minimum atomic E-state index is -3.02. The molecule has 8 heteroatoms. The Kier molecular flexibility index (Phi) is 5.36. The van der Waals surface area contributed by atoms with Crippen LogP contribution >= 0.6 is 0 Å². The number of hydrogen-bond acceptors (Lipinski definition) is 5. The van der Waals surface area contributed by atoms with Crippen LogP contribution in [0.3, 0.4) is 0 Å². The summed E-state index contributed by atoms with van der Waals surface area (Å²) in [6.45, 7) is 3.94. The van der Waals surface area contributed by atoms with Crippen LogP contribution in [0, 0.1) is 0 Å². The van der Waals surface area contributed by atoms with Crippen molar-refractivity contribution in [1.29, 1.82) is 0 Å². The third kappa shape index (κ3) is 4.36. The summed E-state index contributed by atoms with van der Waals surface area (Å²) in [5.41, 5.74) is 0.910. The summed E-state index contributed by atoms with van der Waals surface area (Å²) in [6.07, 6.45) is 1.35. The van der Waals surface area contributed by atoms with Crippen LogP contribution in [0.25, 0.3) is 0 Å². The first-order valence-electron chi connectivity index (χ1n) is 8.62. The molecule has 3 rings (SSSR count). The molecule has 2 aliphatic rings. The number of sulfone groups is 1. The van der Waals surface area contributed by atoms with Gasteiger partial charge in [-0.25, -0.2) is 13.2 Å². The highest BCUT2D eigenvalue weighted by atomic mass is 32.2. The van der Waals surface area contributed by atoms with Crippen molar-refractivity contribution in [3.05, 3.63) is 23.8 Å². The van der Waals surface area contributed by atoms with Crippen LogP contribution in [-0.2, 0) is 16.4 Å². The molecule has 2 aliphatic heterocycles. The number of benzene rings is 1. The Morgan fingerprint density at radius 3 is 2.72 bits per heavy atom. The average molecular weight is 368 g/mol. The molecule has 2 amide bonds. The fourth-order valence-electron chi connectivity index (χ4n) is 3.19. The summed E-state index contributed by atoms with van der Waals surface area (Å²) >= 11 is 0. The molecular formula is C17H24N2O5S. The predicted octanol–water partition coefficient (Wildman–Crippen LogP) is 1.57. The Balaban J connectivity index is 1.60. The number of amides is 2. The first-order chi connectivity index (χ1) is 12.0. The Labute approximate surface area is 148 Å². The van der Waals surface area contributed by atoms with Crippen molar-refractivity contribution in [2.45, 2.75) is 32.4 Å². The molecular weight excluding hydrogens is 344 g/mol. The maximum absolute atomic E-state index is 12.5. The smallest absolute Gasteiger partial charge is 0.317 e. The van der Waals surface area contributed by atoms with Crippen molar-refractivity contribution in [2.24, 2.45) is 0 Å². The lowest BCUT2D eigenvalue weighted by molar-refractivity contribution is 0.183. The normalized spacial score (nSPS) is 21.4. The first kappa shape index (κ1) is 17.8. The van der Waals surface area contributed by atoms with E-state index in [9.17, 15) is 13.2 Å². The zero-order valence-electron chi connectivity index (χ0n) is 14.4. The van der Waals surface area contributed by atoms with Gasteiger partial charge in [0.15, 0.2) is 21.3 Å². The highest BCUT2D eigenvalue weighted by Gasteiger charge is 2.33. The third-order valence-electron chi connectivity index (χ3n) is 4.51. The maximum Gasteiger partial charge on any atom is 0.317 e. The molecule has 7 nitrogen and oxygen atoms in total. The monoisotopic (exact) mass is 368 g/mol. The second-order valence-electron chi connectivity index (χ2n) is 6.33. The zero-order chi connectivity index (χ0) is 17.9. The molecule has 0 unspecified atom stereocenters. The summed E-state index contributed by atoms with van der Waals surface area (Å²) in [4.78, 5) is 14.1. The molecule has 2 heterocycles. The molecule has 0 saturated carbocycles. The topological polar surface area (TPSA) is 84.9 Å². The van der Waals surface area contributed by atoms with E-state index in [0.29, 0.717) is 38.5 Å². The number of hydrogen-bond donors (Lipinski definition) is 1. The molecule has 0 bridgehead atoms. The van der Waals surface area contributed by atoms with Gasteiger partial charge in [-0.2, -0.15) is 0 Å². The van der Waals surface area contributed by atoms with Gasteiger partial charge in [0, 0.05) is 25.6 Å². The number of rotatable bonds is 4. The standard InChI is InChI=1S/C17H24N2O5S/c1-2-19(14-6-9-25(21,22)12-14)17(20)18-11-13-4-5-15-16(10-13)24-8-3-7-23-15/h4-5,10,14H,2-3,6-9,11-12H2,1H3,(H,18,20)/t14-/m1/s1. The number of nitrogens with zero attached hydrogens (tertiary/aromatic N) is 1. The lowest BCUT2D eigenvalue weighted by Gasteiger charge is -2.27. The molecule has 0 aromatic heterocycles. The van der Waals surface area contributed by atoms with E-state index in [4.69, 9.17) is 9.47 Å². The number of carbonyl (C=O) groups is 1. The number of urea groups is 1. The highest BCUT2D eigenvalue weighted by Crippen LogP contribution is 2.30. The van der Waals surface area contributed by atoms with Gasteiger partial charge in [-0.1, -0.05) is 6.07 Å². The van der Waals surface area contributed by atoms with E-state index in [1.165, 1.54) is 0 Å². The summed E-state index contributed by atoms with van der Waals surface area (Å²) in [6, 6.07) is 5.14. The fraction of sp³-hybridized carbons (Fsp3) is 0.588. The van der Waals surface area contributed by atoms with E-state index in [2.05, 4.69) is 5.32 Å². The molecule has 0 aliphatic carbocycles. The van der Waals surface area contributed by atoms with Gasteiger partial charge in [0.1, 0.15) is 0 Å². The third-order valence-corrected chi connectivity index (χ3v) is 6.26. The van der Waals surface area contributed by atoms with Crippen molar-refractivity contribution in [1.82, 2.24) is 10.2 Å². The van der Waals surface area contributed by atoms with Crippen LogP contribution in [0.4, 0.5) is 4.79 Å². The van der Waals surface area contributed by atoms with Gasteiger partial charge < -0.3 is 19.7 Å². The van der Waals surface area contributed by atoms with Crippen molar-refractivity contribution in [3.8, 4) is 11.5 Å². The van der Waals surface area contributed by atoms with Crippen LogP contribution in [0.15, 0.2) is 18.2 Å². The van der Waals surface area contributed by atoms with E-state index < -0.39 is 9.84 Å². The van der Waals surface area contributed by atoms with E-state index in [1.54, 1.807) is 4.90 Å². The quantitative estimate of drug-likeness (QED) is 0.872. The van der Waals surface area contributed by atoms with Crippen molar-refractivity contribution in [3.63, 3.8) is 0 Å².